The smallest absolute Gasteiger partial charge is 0.230 e. The summed E-state index contributed by atoms with van der Waals surface area (Å²) in [6.07, 6.45) is 2.41. The van der Waals surface area contributed by atoms with Gasteiger partial charge >= 0.3 is 0 Å². The maximum Gasteiger partial charge on any atom is 0.230 e. The number of methoxy groups -OCH3 is 2. The van der Waals surface area contributed by atoms with Gasteiger partial charge < -0.3 is 19.6 Å². The second kappa shape index (κ2) is 10.9. The summed E-state index contributed by atoms with van der Waals surface area (Å²) >= 11 is 0. The van der Waals surface area contributed by atoms with Crippen LogP contribution >= 0.6 is 24.8 Å². The molecule has 1 aromatic carbocycles. The first kappa shape index (κ1) is 24.6. The fourth-order valence-electron chi connectivity index (χ4n) is 3.72. The maximum absolute atomic E-state index is 5.98. The van der Waals surface area contributed by atoms with Crippen LogP contribution in [0.15, 0.2) is 16.5 Å². The SMILES string of the molecule is COc1ccc(-c2nc(CN3CCCC(CN)C3)c(C)o2)c(OC)c1C.Cl.Cl. The van der Waals surface area contributed by atoms with E-state index in [9.17, 15) is 0 Å². The molecule has 0 saturated carbocycles. The summed E-state index contributed by atoms with van der Waals surface area (Å²) in [5.74, 6) is 3.55. The minimum absolute atomic E-state index is 0. The normalized spacial score (nSPS) is 16.8. The lowest BCUT2D eigenvalue weighted by Crippen LogP contribution is -2.38. The molecule has 0 amide bonds. The number of benzene rings is 1. The first-order chi connectivity index (χ1) is 12.6. The van der Waals surface area contributed by atoms with Crippen molar-refractivity contribution in [1.82, 2.24) is 9.88 Å². The van der Waals surface area contributed by atoms with Gasteiger partial charge in [-0.05, 0) is 57.8 Å². The number of aryl methyl sites for hydroxylation is 1. The van der Waals surface area contributed by atoms with Crippen molar-refractivity contribution in [3.8, 4) is 23.0 Å². The van der Waals surface area contributed by atoms with Gasteiger partial charge in [-0.1, -0.05) is 0 Å². The third-order valence-corrected chi connectivity index (χ3v) is 5.21. The van der Waals surface area contributed by atoms with Crippen molar-refractivity contribution < 1.29 is 13.9 Å². The number of hydrogen-bond donors (Lipinski definition) is 1. The minimum atomic E-state index is 0. The average molecular weight is 432 g/mol. The number of likely N-dealkylation sites (tertiary alicyclic amines) is 1. The predicted octanol–water partition coefficient (Wildman–Crippen LogP) is 3.99. The van der Waals surface area contributed by atoms with Crippen molar-refractivity contribution in [3.05, 3.63) is 29.2 Å². The van der Waals surface area contributed by atoms with Gasteiger partial charge in [-0.15, -0.1) is 24.8 Å². The number of hydrogen-bond acceptors (Lipinski definition) is 6. The number of aromatic nitrogens is 1. The highest BCUT2D eigenvalue weighted by molar-refractivity contribution is 5.85. The van der Waals surface area contributed by atoms with Gasteiger partial charge in [0.2, 0.25) is 5.89 Å². The Morgan fingerprint density at radius 1 is 1.21 bits per heavy atom. The van der Waals surface area contributed by atoms with Gasteiger partial charge in [0.1, 0.15) is 17.3 Å². The summed E-state index contributed by atoms with van der Waals surface area (Å²) < 4.78 is 17.0. The summed E-state index contributed by atoms with van der Waals surface area (Å²) in [5, 5.41) is 0. The molecule has 1 saturated heterocycles. The van der Waals surface area contributed by atoms with E-state index >= 15 is 0 Å². The Bertz CT molecular complexity index is 767. The zero-order valence-corrected chi connectivity index (χ0v) is 18.6. The Balaban J connectivity index is 0.00000196. The van der Waals surface area contributed by atoms with Gasteiger partial charge in [0.05, 0.1) is 25.5 Å². The second-order valence-electron chi connectivity index (χ2n) is 6.97. The first-order valence-electron chi connectivity index (χ1n) is 9.18. The summed E-state index contributed by atoms with van der Waals surface area (Å²) in [6.45, 7) is 7.61. The third kappa shape index (κ3) is 5.11. The van der Waals surface area contributed by atoms with Crippen molar-refractivity contribution >= 4 is 24.8 Å². The maximum atomic E-state index is 5.98. The molecule has 0 bridgehead atoms. The largest absolute Gasteiger partial charge is 0.496 e. The molecule has 1 aromatic heterocycles. The van der Waals surface area contributed by atoms with Crippen LogP contribution in [0.2, 0.25) is 0 Å². The first-order valence-corrected chi connectivity index (χ1v) is 9.18. The molecular weight excluding hydrogens is 401 g/mol. The molecule has 1 aliphatic rings. The fraction of sp³-hybridized carbons (Fsp3) is 0.550. The van der Waals surface area contributed by atoms with Crippen molar-refractivity contribution in [2.75, 3.05) is 33.9 Å². The van der Waals surface area contributed by atoms with Crippen LogP contribution in [-0.4, -0.2) is 43.7 Å². The number of ether oxygens (including phenoxy) is 2. The lowest BCUT2D eigenvalue weighted by atomic mass is 9.98. The zero-order chi connectivity index (χ0) is 18.7. The van der Waals surface area contributed by atoms with Gasteiger partial charge in [0, 0.05) is 18.7 Å². The molecule has 28 heavy (non-hydrogen) atoms. The summed E-state index contributed by atoms with van der Waals surface area (Å²) in [5.41, 5.74) is 8.62. The van der Waals surface area contributed by atoms with Crippen LogP contribution in [0.3, 0.4) is 0 Å². The molecule has 0 radical (unpaired) electrons. The van der Waals surface area contributed by atoms with Gasteiger partial charge in [-0.2, -0.15) is 0 Å². The molecule has 3 rings (SSSR count). The second-order valence-corrected chi connectivity index (χ2v) is 6.97. The zero-order valence-electron chi connectivity index (χ0n) is 17.0. The number of nitrogens with zero attached hydrogens (tertiary/aromatic N) is 2. The lowest BCUT2D eigenvalue weighted by Gasteiger charge is -2.31. The van der Waals surface area contributed by atoms with Crippen LogP contribution < -0.4 is 15.2 Å². The standard InChI is InChI=1S/C20H29N3O3.2ClH/c1-13-18(24-3)8-7-16(19(13)25-4)20-22-17(14(2)26-20)12-23-9-5-6-15(10-21)11-23;;/h7-8,15H,5-6,9-12,21H2,1-4H3;2*1H. The summed E-state index contributed by atoms with van der Waals surface area (Å²) in [7, 11) is 3.31. The number of nitrogens with two attached hydrogens (primary N) is 1. The van der Waals surface area contributed by atoms with Crippen LogP contribution in [0.1, 0.15) is 29.9 Å². The molecule has 0 aliphatic carbocycles. The van der Waals surface area contributed by atoms with Gasteiger partial charge in [0.25, 0.3) is 0 Å². The van der Waals surface area contributed by atoms with Gasteiger partial charge in [-0.3, -0.25) is 4.90 Å². The topological polar surface area (TPSA) is 73.8 Å². The van der Waals surface area contributed by atoms with Crippen LogP contribution in [-0.2, 0) is 6.54 Å². The lowest BCUT2D eigenvalue weighted by molar-refractivity contribution is 0.169. The Morgan fingerprint density at radius 3 is 2.61 bits per heavy atom. The molecule has 0 spiro atoms. The van der Waals surface area contributed by atoms with Gasteiger partial charge in [0.15, 0.2) is 0 Å². The van der Waals surface area contributed by atoms with E-state index in [1.807, 2.05) is 26.0 Å². The number of piperidine rings is 1. The van der Waals surface area contributed by atoms with Crippen LogP contribution in [0.5, 0.6) is 11.5 Å². The van der Waals surface area contributed by atoms with E-state index < -0.39 is 0 Å². The molecule has 1 unspecified atom stereocenters. The Kier molecular flexibility index (Phi) is 9.57. The molecule has 6 nitrogen and oxygen atoms in total. The molecule has 2 heterocycles. The molecule has 1 aliphatic heterocycles. The van der Waals surface area contributed by atoms with Crippen LogP contribution in [0.4, 0.5) is 0 Å². The molecular formula is C20H31Cl2N3O3. The number of oxazole rings is 1. The van der Waals surface area contributed by atoms with E-state index in [4.69, 9.17) is 24.6 Å². The van der Waals surface area contributed by atoms with E-state index in [0.717, 1.165) is 60.3 Å². The highest BCUT2D eigenvalue weighted by Crippen LogP contribution is 2.38. The molecule has 8 heteroatoms. The minimum Gasteiger partial charge on any atom is -0.496 e. The quantitative estimate of drug-likeness (QED) is 0.744. The third-order valence-electron chi connectivity index (χ3n) is 5.21. The highest BCUT2D eigenvalue weighted by atomic mass is 35.5. The Hall–Kier alpha value is -1.47. The Labute approximate surface area is 179 Å². The van der Waals surface area contributed by atoms with E-state index in [1.54, 1.807) is 14.2 Å². The van der Waals surface area contributed by atoms with E-state index in [0.29, 0.717) is 11.8 Å². The van der Waals surface area contributed by atoms with Gasteiger partial charge in [-0.25, -0.2) is 4.98 Å². The molecule has 2 aromatic rings. The van der Waals surface area contributed by atoms with Crippen LogP contribution in [0.25, 0.3) is 11.5 Å². The molecule has 2 N–H and O–H groups in total. The van der Waals surface area contributed by atoms with Crippen molar-refractivity contribution in [2.45, 2.75) is 33.2 Å². The summed E-state index contributed by atoms with van der Waals surface area (Å²) in [4.78, 5) is 7.19. The Morgan fingerprint density at radius 2 is 1.96 bits per heavy atom. The summed E-state index contributed by atoms with van der Waals surface area (Å²) in [6, 6.07) is 3.86. The predicted molar refractivity (Wildman–Crippen MR) is 116 cm³/mol. The highest BCUT2D eigenvalue weighted by Gasteiger charge is 2.23. The number of rotatable bonds is 6. The van der Waals surface area contributed by atoms with Crippen molar-refractivity contribution in [3.63, 3.8) is 0 Å². The molecule has 1 atom stereocenters. The van der Waals surface area contributed by atoms with Crippen molar-refractivity contribution in [2.24, 2.45) is 11.7 Å². The van der Waals surface area contributed by atoms with E-state index in [2.05, 4.69) is 4.90 Å². The number of halogens is 2. The molecule has 1 fully saturated rings. The monoisotopic (exact) mass is 431 g/mol. The average Bonchev–Trinajstić information content (AvgIpc) is 3.01. The van der Waals surface area contributed by atoms with E-state index in [1.165, 1.54) is 12.8 Å². The van der Waals surface area contributed by atoms with Crippen LogP contribution in [0, 0.1) is 19.8 Å². The van der Waals surface area contributed by atoms with E-state index in [-0.39, 0.29) is 24.8 Å². The fourth-order valence-corrected chi connectivity index (χ4v) is 3.72. The molecule has 158 valence electrons. The van der Waals surface area contributed by atoms with Crippen molar-refractivity contribution in [1.29, 1.82) is 0 Å².